The van der Waals surface area contributed by atoms with E-state index in [0.717, 1.165) is 118 Å². The third-order valence-corrected chi connectivity index (χ3v) is 18.4. The Morgan fingerprint density at radius 3 is 1.46 bits per heavy atom. The van der Waals surface area contributed by atoms with Crippen LogP contribution in [0.1, 0.15) is 5.56 Å². The van der Waals surface area contributed by atoms with E-state index in [1.807, 2.05) is 144 Å². The number of halogens is 1. The van der Waals surface area contributed by atoms with Crippen LogP contribution in [0.25, 0.3) is 124 Å². The predicted molar refractivity (Wildman–Crippen MR) is 372 cm³/mol. The van der Waals surface area contributed by atoms with Gasteiger partial charge in [0.05, 0.1) is 117 Å². The Balaban J connectivity index is 0.000000116. The van der Waals surface area contributed by atoms with Gasteiger partial charge in [-0.3, -0.25) is 39.5 Å². The van der Waals surface area contributed by atoms with Crippen LogP contribution in [0.4, 0.5) is 4.39 Å². The molecule has 0 atom stereocenters. The molecule has 2 N–H and O–H groups in total. The fraction of sp³-hybridized carbons (Fsp3) is 0. The Kier molecular flexibility index (Phi) is 20.4. The zero-order valence-electron chi connectivity index (χ0n) is 50.7. The van der Waals surface area contributed by atoms with Gasteiger partial charge in [0, 0.05) is 109 Å². The number of para-hydroxylation sites is 3. The van der Waals surface area contributed by atoms with Gasteiger partial charge in [0.15, 0.2) is 5.65 Å². The van der Waals surface area contributed by atoms with Crippen LogP contribution < -0.4 is 11.4 Å². The SMILES string of the molecule is Fc1cnc2c3c([O][AlH])cncc3n(-c3ccccc3)c2c1.N#Cc1cnc2c3c([O][AlH])cncc3n(-c3ccccc3)c2c1.Oc1cccc2sc3cccnc3c12.Oc1nccc2sc3cccnc3c12.[AlH][O]c1ccnc2c1c1ncccc1n2-c1ccccc1.[Zn].[Zn]. The number of thiophene rings is 2. The summed E-state index contributed by atoms with van der Waals surface area (Å²) in [6, 6.07) is 56.5. The van der Waals surface area contributed by atoms with Crippen LogP contribution in [0.15, 0.2) is 238 Å². The number of phenols is 1. The number of fused-ring (bicyclic) bond motifs is 15. The van der Waals surface area contributed by atoms with Gasteiger partial charge in [-0.05, 0) is 103 Å². The van der Waals surface area contributed by atoms with Crippen LogP contribution in [0.5, 0.6) is 28.9 Å². The molecule has 3 radical (unpaired) electrons. The number of phenolic OH excluding ortho intramolecular Hbond substituents is 1. The molecule has 0 unspecified atom stereocenters. The number of aromatic nitrogens is 12. The van der Waals surface area contributed by atoms with Gasteiger partial charge >= 0.3 is 49.9 Å². The van der Waals surface area contributed by atoms with Crippen molar-refractivity contribution < 1.29 is 64.9 Å². The van der Waals surface area contributed by atoms with Crippen molar-refractivity contribution in [2.75, 3.05) is 0 Å². The minimum Gasteiger partial charge on any atom is -0.650 e. The number of benzene rings is 4. The normalized spacial score (nSPS) is 10.8. The Labute approximate surface area is 603 Å². The molecule has 0 fully saturated rings. The van der Waals surface area contributed by atoms with Gasteiger partial charge in [-0.2, -0.15) is 5.26 Å². The summed E-state index contributed by atoms with van der Waals surface area (Å²) >= 11 is 7.52. The van der Waals surface area contributed by atoms with Crippen molar-refractivity contribution in [1.82, 2.24) is 58.6 Å². The second kappa shape index (κ2) is 29.5. The van der Waals surface area contributed by atoms with E-state index < -0.39 is 0 Å². The molecule has 18 aromatic rings. The van der Waals surface area contributed by atoms with Crippen LogP contribution >= 0.6 is 22.7 Å². The third-order valence-electron chi connectivity index (χ3n) is 15.3. The molecule has 0 aliphatic heterocycles. The van der Waals surface area contributed by atoms with Crippen molar-refractivity contribution in [2.24, 2.45) is 0 Å². The van der Waals surface area contributed by atoms with Gasteiger partial charge in [-0.1, -0.05) is 60.7 Å². The smallest absolute Gasteiger partial charge is 0.494 e. The predicted octanol–water partition coefficient (Wildman–Crippen LogP) is 14.0. The molecule has 14 aromatic heterocycles. The zero-order chi connectivity index (χ0) is 64.2. The molecule has 26 heteroatoms. The number of nitriles is 1. The number of hydrogen-bond acceptors (Lipinski definition) is 17. The Bertz CT molecular complexity index is 5780. The van der Waals surface area contributed by atoms with Gasteiger partial charge in [0.1, 0.15) is 45.7 Å². The van der Waals surface area contributed by atoms with Crippen molar-refractivity contribution in [3.05, 3.63) is 249 Å². The maximum atomic E-state index is 13.7. The van der Waals surface area contributed by atoms with Crippen LogP contribution in [0.2, 0.25) is 0 Å². The molecule has 0 saturated carbocycles. The molecule has 96 heavy (non-hydrogen) atoms. The Morgan fingerprint density at radius 2 is 0.885 bits per heavy atom. The quantitative estimate of drug-likeness (QED) is 0.148. The van der Waals surface area contributed by atoms with Gasteiger partial charge in [0.2, 0.25) is 5.88 Å². The Morgan fingerprint density at radius 1 is 0.396 bits per heavy atom. The molecule has 0 aliphatic carbocycles. The van der Waals surface area contributed by atoms with Gasteiger partial charge < -0.3 is 30.7 Å². The van der Waals surface area contributed by atoms with E-state index in [-0.39, 0.29) is 50.7 Å². The first-order valence-electron chi connectivity index (χ1n) is 28.8. The molecule has 14 heterocycles. The second-order valence-corrected chi connectivity index (χ2v) is 23.7. The van der Waals surface area contributed by atoms with Gasteiger partial charge in [0.25, 0.3) is 0 Å². The summed E-state index contributed by atoms with van der Waals surface area (Å²) in [4.78, 5) is 38.7. The molecule has 451 valence electrons. The van der Waals surface area contributed by atoms with E-state index in [1.54, 1.807) is 90.7 Å². The molecule has 0 amide bonds. The van der Waals surface area contributed by atoms with Crippen LogP contribution in [-0.4, -0.2) is 119 Å². The molecule has 4 aromatic carbocycles. The molecule has 0 aliphatic rings. The van der Waals surface area contributed by atoms with Gasteiger partial charge in [-0.25, -0.2) is 14.4 Å². The van der Waals surface area contributed by atoms with Crippen molar-refractivity contribution in [2.45, 2.75) is 0 Å². The zero-order valence-corrected chi connectivity index (χ0v) is 62.5. The maximum Gasteiger partial charge on any atom is 0.494 e. The minimum atomic E-state index is -0.374. The third kappa shape index (κ3) is 12.6. The standard InChI is InChI=1S/C17H10N4O.C16H10FN3O.C16H11N3O.C11H7NOS.C10H6N2OS.3Al.2Zn.3H/c18-7-11-6-13-17(20-8-11)16-14(9-19-10-15(16)22)21(13)12-4-2-1-3-5-12;17-10-6-12-16(19-7-10)15-13(8-18-9-14(15)21)20(12)11-4-2-1-3-5-11;20-13-8-10-18-16-14(13)15-12(7-4-9-17-15)19(16)11-5-2-1-3-6-11;13-7-3-1-4-8-10(7)11-9(14-8)5-2-6-12-11;13-10-8-6(3-5-12-10)14-7-2-1-4-11-9(7)8;;;;;;;;/h1-6,8-10,22H;1-9,21H;1-10H,(H,18,20);1-6,13H;1-5H,(H,12,13);;;;;;;;/q;;;;;3*+1;;;;;/p-3. The summed E-state index contributed by atoms with van der Waals surface area (Å²) in [5, 5.41) is 32.9. The molecule has 0 spiro atoms. The molecule has 0 bridgehead atoms. The average molecular weight is 1440 g/mol. The Hall–Kier alpha value is -9.67. The van der Waals surface area contributed by atoms with Crippen LogP contribution in [-0.2, 0) is 39.0 Å². The summed E-state index contributed by atoms with van der Waals surface area (Å²) in [6.07, 6.45) is 18.3. The molecule has 0 saturated heterocycles. The van der Waals surface area contributed by atoms with Crippen molar-refractivity contribution in [3.63, 3.8) is 0 Å². The summed E-state index contributed by atoms with van der Waals surface area (Å²) in [6.45, 7) is 0. The first kappa shape index (κ1) is 66.4. The average Bonchev–Trinajstić information content (AvgIpc) is 1.60. The summed E-state index contributed by atoms with van der Waals surface area (Å²) in [7, 11) is 0. The van der Waals surface area contributed by atoms with Crippen LogP contribution in [0.3, 0.4) is 0 Å². The van der Waals surface area contributed by atoms with Crippen LogP contribution in [0, 0.1) is 17.1 Å². The van der Waals surface area contributed by atoms with E-state index in [0.29, 0.717) is 33.8 Å². The number of rotatable bonds is 6. The maximum absolute atomic E-state index is 13.7. The largest absolute Gasteiger partial charge is 0.650 e. The summed E-state index contributed by atoms with van der Waals surface area (Å²) in [5.74, 6) is 2.12. The number of hydrogen-bond donors (Lipinski definition) is 2. The fourth-order valence-corrected chi connectivity index (χ4v) is 14.2. The molecule has 18 rings (SSSR count). The van der Waals surface area contributed by atoms with Crippen molar-refractivity contribution in [3.8, 4) is 52.0 Å². The first-order chi connectivity index (χ1) is 46.2. The van der Waals surface area contributed by atoms with Crippen molar-refractivity contribution >= 4 is 179 Å². The molecule has 18 nitrogen and oxygen atoms in total. The second-order valence-electron chi connectivity index (χ2n) is 20.7. The van der Waals surface area contributed by atoms with Crippen molar-refractivity contribution in [1.29, 1.82) is 5.26 Å². The molecular weight excluding hydrogens is 1400 g/mol. The summed E-state index contributed by atoms with van der Waals surface area (Å²) < 4.78 is 40.6. The van der Waals surface area contributed by atoms with Gasteiger partial charge in [-0.15, -0.1) is 22.7 Å². The van der Waals surface area contributed by atoms with E-state index >= 15 is 0 Å². The summed E-state index contributed by atoms with van der Waals surface area (Å²) in [5.41, 5.74) is 12.8. The topological polar surface area (TPSA) is 223 Å². The number of nitrogens with zero attached hydrogens (tertiary/aromatic N) is 13. The van der Waals surface area contributed by atoms with E-state index in [4.69, 9.17) is 11.4 Å². The minimum absolute atomic E-state index is 0. The fourth-order valence-electron chi connectivity index (χ4n) is 11.3. The first-order valence-corrected chi connectivity index (χ1v) is 32.2. The molecular formula is C70H44Al3FN13O5S2Zn2. The van der Waals surface area contributed by atoms with E-state index in [9.17, 15) is 19.9 Å². The van der Waals surface area contributed by atoms with E-state index in [1.165, 1.54) is 62.1 Å². The number of aromatic hydroxyl groups is 2. The monoisotopic (exact) mass is 1440 g/mol. The number of pyridine rings is 9. The van der Waals surface area contributed by atoms with E-state index in [2.05, 4.69) is 78.3 Å².